The van der Waals surface area contributed by atoms with E-state index in [9.17, 15) is 9.90 Å². The van der Waals surface area contributed by atoms with Crippen LogP contribution in [0, 0.1) is 11.8 Å². The second-order valence-corrected chi connectivity index (χ2v) is 6.36. The van der Waals surface area contributed by atoms with Crippen LogP contribution < -0.4 is 0 Å². The first-order valence-corrected chi connectivity index (χ1v) is 7.24. The van der Waals surface area contributed by atoms with Gasteiger partial charge in [0.25, 0.3) is 0 Å². The van der Waals surface area contributed by atoms with Crippen LogP contribution in [-0.2, 0) is 23.7 Å². The topological polar surface area (TPSA) is 74.2 Å². The number of ether oxygens (including phenoxy) is 4. The van der Waals surface area contributed by atoms with E-state index in [2.05, 4.69) is 0 Å². The Morgan fingerprint density at radius 1 is 1.38 bits per heavy atom. The molecule has 0 aromatic rings. The van der Waals surface area contributed by atoms with Crippen molar-refractivity contribution in [1.82, 2.24) is 0 Å². The smallest absolute Gasteiger partial charge is 0.333 e. The predicted octanol–water partition coefficient (Wildman–Crippen LogP) is 0.631. The lowest BCUT2D eigenvalue weighted by Gasteiger charge is -2.38. The zero-order valence-corrected chi connectivity index (χ0v) is 12.7. The minimum atomic E-state index is -0.851. The Hall–Kier alpha value is -0.950. The Kier molecular flexibility index (Phi) is 3.60. The van der Waals surface area contributed by atoms with Gasteiger partial charge < -0.3 is 24.1 Å². The first-order chi connectivity index (χ1) is 9.88. The molecule has 0 spiro atoms. The molecule has 118 valence electrons. The minimum Gasteiger partial charge on any atom is -0.466 e. The molecule has 6 atom stereocenters. The van der Waals surface area contributed by atoms with Crippen LogP contribution in [0.3, 0.4) is 0 Å². The van der Waals surface area contributed by atoms with E-state index in [-0.39, 0.29) is 24.0 Å². The summed E-state index contributed by atoms with van der Waals surface area (Å²) >= 11 is 0. The summed E-state index contributed by atoms with van der Waals surface area (Å²) in [5.74, 6) is -1.23. The summed E-state index contributed by atoms with van der Waals surface area (Å²) in [6.07, 6.45) is 0.691. The maximum absolute atomic E-state index is 12.0. The number of esters is 1. The summed E-state index contributed by atoms with van der Waals surface area (Å²) < 4.78 is 22.2. The summed E-state index contributed by atoms with van der Waals surface area (Å²) in [6.45, 7) is 3.75. The molecule has 1 N–H and O–H groups in total. The van der Waals surface area contributed by atoms with Crippen LogP contribution in [-0.4, -0.2) is 55.5 Å². The lowest BCUT2D eigenvalue weighted by molar-refractivity contribution is -0.172. The van der Waals surface area contributed by atoms with Crippen molar-refractivity contribution in [3.63, 3.8) is 0 Å². The number of hydrogen-bond acceptors (Lipinski definition) is 6. The van der Waals surface area contributed by atoms with Crippen molar-refractivity contribution < 1.29 is 28.8 Å². The predicted molar refractivity (Wildman–Crippen MR) is 72.3 cm³/mol. The Labute approximate surface area is 124 Å². The number of carbonyl (C=O) groups excluding carboxylic acids is 1. The monoisotopic (exact) mass is 298 g/mol. The van der Waals surface area contributed by atoms with Crippen LogP contribution in [0.2, 0.25) is 0 Å². The molecule has 3 rings (SSSR count). The van der Waals surface area contributed by atoms with Gasteiger partial charge in [-0.15, -0.1) is 0 Å². The number of hydrogen-bond donors (Lipinski definition) is 1. The summed E-state index contributed by atoms with van der Waals surface area (Å²) in [6, 6.07) is 0. The van der Waals surface area contributed by atoms with E-state index in [1.807, 2.05) is 13.8 Å². The first kappa shape index (κ1) is 15.0. The zero-order chi connectivity index (χ0) is 15.4. The molecule has 0 bridgehead atoms. The summed E-state index contributed by atoms with van der Waals surface area (Å²) in [4.78, 5) is 12.0. The number of fused-ring (bicyclic) bond motifs is 3. The third-order valence-corrected chi connectivity index (χ3v) is 4.71. The van der Waals surface area contributed by atoms with Gasteiger partial charge in [0.2, 0.25) is 0 Å². The normalized spacial score (nSPS) is 44.0. The molecule has 6 nitrogen and oxygen atoms in total. The van der Waals surface area contributed by atoms with Crippen molar-refractivity contribution in [2.24, 2.45) is 11.8 Å². The third kappa shape index (κ3) is 2.30. The van der Waals surface area contributed by atoms with E-state index in [1.54, 1.807) is 13.2 Å². The second kappa shape index (κ2) is 5.05. The van der Waals surface area contributed by atoms with E-state index in [1.165, 1.54) is 7.11 Å². The van der Waals surface area contributed by atoms with Crippen LogP contribution >= 0.6 is 0 Å². The summed E-state index contributed by atoms with van der Waals surface area (Å²) in [5.41, 5.74) is 0.503. The van der Waals surface area contributed by atoms with Crippen LogP contribution in [0.25, 0.3) is 0 Å². The Morgan fingerprint density at radius 3 is 2.71 bits per heavy atom. The fraction of sp³-hybridized carbons (Fsp3) is 0.800. The molecule has 1 heterocycles. The van der Waals surface area contributed by atoms with Crippen molar-refractivity contribution in [3.05, 3.63) is 11.6 Å². The second-order valence-electron chi connectivity index (χ2n) is 6.36. The van der Waals surface area contributed by atoms with E-state index >= 15 is 0 Å². The molecule has 1 saturated heterocycles. The van der Waals surface area contributed by atoms with Crippen molar-refractivity contribution >= 4 is 5.97 Å². The molecular weight excluding hydrogens is 276 g/mol. The molecule has 0 radical (unpaired) electrons. The van der Waals surface area contributed by atoms with Gasteiger partial charge in [-0.2, -0.15) is 0 Å². The average molecular weight is 298 g/mol. The molecule has 0 unspecified atom stereocenters. The van der Waals surface area contributed by atoms with Crippen LogP contribution in [0.15, 0.2) is 11.6 Å². The number of aliphatic hydroxyl groups excluding tert-OH is 1. The highest BCUT2D eigenvalue weighted by Crippen LogP contribution is 2.51. The van der Waals surface area contributed by atoms with E-state index in [0.29, 0.717) is 12.0 Å². The van der Waals surface area contributed by atoms with Gasteiger partial charge in [0.1, 0.15) is 0 Å². The van der Waals surface area contributed by atoms with Gasteiger partial charge in [0.05, 0.1) is 31.5 Å². The molecule has 0 aromatic carbocycles. The highest BCUT2D eigenvalue weighted by molar-refractivity contribution is 5.89. The van der Waals surface area contributed by atoms with E-state index in [4.69, 9.17) is 18.9 Å². The fourth-order valence-electron chi connectivity index (χ4n) is 4.02. The molecule has 21 heavy (non-hydrogen) atoms. The van der Waals surface area contributed by atoms with Crippen LogP contribution in [0.1, 0.15) is 20.3 Å². The molecule has 1 aliphatic heterocycles. The Balaban J connectivity index is 1.95. The average Bonchev–Trinajstić information content (AvgIpc) is 2.89. The van der Waals surface area contributed by atoms with E-state index < -0.39 is 24.0 Å². The van der Waals surface area contributed by atoms with Gasteiger partial charge in [-0.1, -0.05) is 0 Å². The lowest BCUT2D eigenvalue weighted by Crippen LogP contribution is -2.47. The highest BCUT2D eigenvalue weighted by atomic mass is 16.8. The van der Waals surface area contributed by atoms with Gasteiger partial charge in [-0.25, -0.2) is 4.79 Å². The molecule has 0 amide bonds. The third-order valence-electron chi connectivity index (χ3n) is 4.71. The van der Waals surface area contributed by atoms with Crippen molar-refractivity contribution in [3.8, 4) is 0 Å². The van der Waals surface area contributed by atoms with Crippen molar-refractivity contribution in [1.29, 1.82) is 0 Å². The summed E-state index contributed by atoms with van der Waals surface area (Å²) in [7, 11) is 2.91. The quantitative estimate of drug-likeness (QED) is 0.754. The SMILES string of the molecule is COC(=O)C1=C[C@@H](O)[C@H](OC)[C@H]2[C@@H]3OC(C)(C)O[C@@H]3C[C@@H]12. The molecule has 0 aromatic heterocycles. The van der Waals surface area contributed by atoms with Crippen LogP contribution in [0.5, 0.6) is 0 Å². The highest BCUT2D eigenvalue weighted by Gasteiger charge is 2.59. The summed E-state index contributed by atoms with van der Waals surface area (Å²) in [5, 5.41) is 10.3. The largest absolute Gasteiger partial charge is 0.466 e. The van der Waals surface area contributed by atoms with E-state index in [0.717, 1.165) is 0 Å². The first-order valence-electron chi connectivity index (χ1n) is 7.24. The molecule has 6 heteroatoms. The van der Waals surface area contributed by atoms with Crippen LogP contribution in [0.4, 0.5) is 0 Å². The molecule has 1 saturated carbocycles. The minimum absolute atomic E-state index is 0.0723. The zero-order valence-electron chi connectivity index (χ0n) is 12.7. The van der Waals surface area contributed by atoms with Gasteiger partial charge in [-0.05, 0) is 26.3 Å². The van der Waals surface area contributed by atoms with Gasteiger partial charge in [-0.3, -0.25) is 0 Å². The Bertz CT molecular complexity index is 471. The maximum Gasteiger partial charge on any atom is 0.333 e. The maximum atomic E-state index is 12.0. The molecule has 2 aliphatic carbocycles. The van der Waals surface area contributed by atoms with Gasteiger partial charge >= 0.3 is 5.97 Å². The van der Waals surface area contributed by atoms with Gasteiger partial charge in [0.15, 0.2) is 5.79 Å². The number of aliphatic hydroxyl groups is 1. The fourth-order valence-corrected chi connectivity index (χ4v) is 4.02. The van der Waals surface area contributed by atoms with Crippen molar-refractivity contribution in [2.75, 3.05) is 14.2 Å². The molecule has 3 aliphatic rings. The number of carbonyl (C=O) groups is 1. The lowest BCUT2D eigenvalue weighted by atomic mass is 9.76. The number of methoxy groups -OCH3 is 2. The standard InChI is InChI=1S/C15H22O6/c1-15(2)20-10-6-7-8(14(17)19-4)5-9(16)12(18-3)11(7)13(10)21-15/h5,7,9-13,16H,6H2,1-4H3/t7-,9+,10+,11-,12-,13+/m0/s1. The number of rotatable bonds is 2. The molecule has 2 fully saturated rings. The van der Waals surface area contributed by atoms with Crippen molar-refractivity contribution in [2.45, 2.75) is 50.5 Å². The Morgan fingerprint density at radius 2 is 2.10 bits per heavy atom. The van der Waals surface area contributed by atoms with Gasteiger partial charge in [0, 0.05) is 24.5 Å². The molecular formula is C15H22O6.